The lowest BCUT2D eigenvalue weighted by atomic mass is 9.91. The van der Waals surface area contributed by atoms with Gasteiger partial charge in [-0.2, -0.15) is 0 Å². The number of amides is 1. The molecule has 0 aliphatic carbocycles. The first-order chi connectivity index (χ1) is 10.2. The van der Waals surface area contributed by atoms with E-state index in [0.717, 1.165) is 41.2 Å². The number of carbonyl (C=O) groups excluding carboxylic acids is 1. The van der Waals surface area contributed by atoms with Gasteiger partial charge < -0.3 is 10.2 Å². The minimum atomic E-state index is 0.0538. The molecule has 2 aromatic heterocycles. The summed E-state index contributed by atoms with van der Waals surface area (Å²) in [5.74, 6) is 1.87. The third-order valence-corrected chi connectivity index (χ3v) is 4.43. The summed E-state index contributed by atoms with van der Waals surface area (Å²) in [6, 6.07) is 4.05. The van der Waals surface area contributed by atoms with Crippen LogP contribution in [0.15, 0.2) is 18.3 Å². The molecule has 1 atom stereocenters. The predicted octanol–water partition coefficient (Wildman–Crippen LogP) is 2.68. The van der Waals surface area contributed by atoms with Crippen molar-refractivity contribution in [2.45, 2.75) is 32.1 Å². The first kappa shape index (κ1) is 12.6. The van der Waals surface area contributed by atoms with Gasteiger partial charge in [0.1, 0.15) is 11.3 Å². The molecule has 4 rings (SSSR count). The van der Waals surface area contributed by atoms with Crippen LogP contribution in [0.1, 0.15) is 37.7 Å². The van der Waals surface area contributed by atoms with Crippen LogP contribution in [-0.4, -0.2) is 29.0 Å². The van der Waals surface area contributed by atoms with Crippen molar-refractivity contribution in [2.75, 3.05) is 23.3 Å². The van der Waals surface area contributed by atoms with Gasteiger partial charge in [0, 0.05) is 36.7 Å². The number of aromatic nitrogens is 2. The van der Waals surface area contributed by atoms with Crippen molar-refractivity contribution < 1.29 is 4.79 Å². The van der Waals surface area contributed by atoms with Gasteiger partial charge in [-0.1, -0.05) is 13.0 Å². The smallest absolute Gasteiger partial charge is 0.226 e. The Kier molecular flexibility index (Phi) is 2.80. The summed E-state index contributed by atoms with van der Waals surface area (Å²) in [6.45, 7) is 4.11. The fourth-order valence-corrected chi connectivity index (χ4v) is 3.45. The van der Waals surface area contributed by atoms with Gasteiger partial charge in [0.2, 0.25) is 5.91 Å². The van der Waals surface area contributed by atoms with E-state index in [4.69, 9.17) is 4.98 Å². The fourth-order valence-electron chi connectivity index (χ4n) is 3.45. The Morgan fingerprint density at radius 3 is 2.95 bits per heavy atom. The highest BCUT2D eigenvalue weighted by molar-refractivity contribution is 6.01. The van der Waals surface area contributed by atoms with Crippen molar-refractivity contribution in [1.29, 1.82) is 0 Å². The highest BCUT2D eigenvalue weighted by Crippen LogP contribution is 2.39. The lowest BCUT2D eigenvalue weighted by Gasteiger charge is -2.26. The minimum Gasteiger partial charge on any atom is -0.355 e. The maximum Gasteiger partial charge on any atom is 0.226 e. The number of nitrogens with zero attached hydrogens (tertiary/aromatic N) is 3. The van der Waals surface area contributed by atoms with E-state index in [2.05, 4.69) is 28.2 Å². The Bertz CT molecular complexity index is 722. The maximum atomic E-state index is 11.8. The number of nitrogens with one attached hydrogen (secondary N) is 1. The van der Waals surface area contributed by atoms with Crippen molar-refractivity contribution in [3.8, 4) is 0 Å². The molecule has 0 bridgehead atoms. The molecular formula is C16H18N4O. The first-order valence-corrected chi connectivity index (χ1v) is 7.57. The van der Waals surface area contributed by atoms with Crippen LogP contribution in [-0.2, 0) is 4.79 Å². The number of rotatable bonds is 1. The standard InChI is InChI=1S/C16H18N4O/c1-10-9-12(21)18-15-13(10)11-5-4-6-17-14(11)16(19-15)20-7-2-3-8-20/h4-6,10H,2-3,7-9H2,1H3,(H,18,19,21). The average Bonchev–Trinajstić information content (AvgIpc) is 2.99. The van der Waals surface area contributed by atoms with Crippen LogP contribution in [0.2, 0.25) is 0 Å². The van der Waals surface area contributed by atoms with Crippen molar-refractivity contribution >= 4 is 28.4 Å². The molecule has 5 nitrogen and oxygen atoms in total. The number of hydrogen-bond donors (Lipinski definition) is 1. The lowest BCUT2D eigenvalue weighted by molar-refractivity contribution is -0.116. The number of fused-ring (bicyclic) bond motifs is 3. The summed E-state index contributed by atoms with van der Waals surface area (Å²) < 4.78 is 0. The zero-order valence-corrected chi connectivity index (χ0v) is 12.1. The Hall–Kier alpha value is -2.17. The fraction of sp³-hybridized carbons (Fsp3) is 0.438. The second kappa shape index (κ2) is 4.69. The summed E-state index contributed by atoms with van der Waals surface area (Å²) in [6.07, 6.45) is 4.72. The second-order valence-corrected chi connectivity index (χ2v) is 5.94. The molecule has 0 aromatic carbocycles. The van der Waals surface area contributed by atoms with Crippen LogP contribution in [0.3, 0.4) is 0 Å². The highest BCUT2D eigenvalue weighted by Gasteiger charge is 2.28. The van der Waals surface area contributed by atoms with E-state index < -0.39 is 0 Å². The SMILES string of the molecule is CC1CC(=O)Nc2nc(N3CCCC3)c3ncccc3c21. The van der Waals surface area contributed by atoms with Crippen molar-refractivity contribution in [2.24, 2.45) is 0 Å². The van der Waals surface area contributed by atoms with Crippen LogP contribution in [0.25, 0.3) is 10.9 Å². The summed E-state index contributed by atoms with van der Waals surface area (Å²) in [5, 5.41) is 4.06. The number of carbonyl (C=O) groups is 1. The van der Waals surface area contributed by atoms with Crippen LogP contribution in [0, 0.1) is 0 Å². The van der Waals surface area contributed by atoms with Crippen LogP contribution in [0.4, 0.5) is 11.6 Å². The number of pyridine rings is 2. The third kappa shape index (κ3) is 1.95. The molecule has 1 unspecified atom stereocenters. The molecule has 1 fully saturated rings. The molecule has 1 amide bonds. The van der Waals surface area contributed by atoms with Crippen molar-refractivity contribution in [3.05, 3.63) is 23.9 Å². The van der Waals surface area contributed by atoms with Crippen LogP contribution >= 0.6 is 0 Å². The molecule has 2 aromatic rings. The number of anilines is 2. The molecule has 0 radical (unpaired) electrons. The number of hydrogen-bond acceptors (Lipinski definition) is 4. The zero-order valence-electron chi connectivity index (χ0n) is 12.1. The van der Waals surface area contributed by atoms with Crippen molar-refractivity contribution in [1.82, 2.24) is 9.97 Å². The zero-order chi connectivity index (χ0) is 14.4. The Labute approximate surface area is 123 Å². The topological polar surface area (TPSA) is 58.1 Å². The highest BCUT2D eigenvalue weighted by atomic mass is 16.1. The van der Waals surface area contributed by atoms with E-state index >= 15 is 0 Å². The largest absolute Gasteiger partial charge is 0.355 e. The van der Waals surface area contributed by atoms with Crippen LogP contribution in [0.5, 0.6) is 0 Å². The monoisotopic (exact) mass is 282 g/mol. The second-order valence-electron chi connectivity index (χ2n) is 5.94. The molecule has 1 saturated heterocycles. The summed E-state index contributed by atoms with van der Waals surface area (Å²) >= 11 is 0. The maximum absolute atomic E-state index is 11.8. The minimum absolute atomic E-state index is 0.0538. The lowest BCUT2D eigenvalue weighted by Crippen LogP contribution is -2.26. The normalized spacial score (nSPS) is 21.5. The molecule has 2 aliphatic heterocycles. The van der Waals surface area contributed by atoms with E-state index in [1.54, 1.807) is 0 Å². The molecule has 21 heavy (non-hydrogen) atoms. The molecule has 4 heterocycles. The van der Waals surface area contributed by atoms with Gasteiger partial charge in [-0.25, -0.2) is 4.98 Å². The first-order valence-electron chi connectivity index (χ1n) is 7.57. The van der Waals surface area contributed by atoms with E-state index in [1.165, 1.54) is 12.8 Å². The van der Waals surface area contributed by atoms with Gasteiger partial charge in [0.25, 0.3) is 0 Å². The molecule has 5 heteroatoms. The predicted molar refractivity (Wildman–Crippen MR) is 82.6 cm³/mol. The quantitative estimate of drug-likeness (QED) is 0.873. The molecule has 0 spiro atoms. The van der Waals surface area contributed by atoms with E-state index in [1.807, 2.05) is 12.3 Å². The van der Waals surface area contributed by atoms with E-state index in [-0.39, 0.29) is 11.8 Å². The van der Waals surface area contributed by atoms with Crippen molar-refractivity contribution in [3.63, 3.8) is 0 Å². The molecular weight excluding hydrogens is 264 g/mol. The molecule has 2 aliphatic rings. The Morgan fingerprint density at radius 1 is 1.33 bits per heavy atom. The van der Waals surface area contributed by atoms with E-state index in [9.17, 15) is 4.79 Å². The molecule has 0 saturated carbocycles. The summed E-state index contributed by atoms with van der Waals surface area (Å²) in [5.41, 5.74) is 2.08. The summed E-state index contributed by atoms with van der Waals surface area (Å²) in [7, 11) is 0. The summed E-state index contributed by atoms with van der Waals surface area (Å²) in [4.78, 5) is 23.4. The average molecular weight is 282 g/mol. The van der Waals surface area contributed by atoms with Gasteiger partial charge in [-0.05, 0) is 24.8 Å². The van der Waals surface area contributed by atoms with Gasteiger partial charge >= 0.3 is 0 Å². The van der Waals surface area contributed by atoms with Crippen LogP contribution < -0.4 is 10.2 Å². The Balaban J connectivity index is 1.99. The molecule has 108 valence electrons. The van der Waals surface area contributed by atoms with E-state index in [0.29, 0.717) is 6.42 Å². The molecule has 1 N–H and O–H groups in total. The van der Waals surface area contributed by atoms with Gasteiger partial charge in [0.15, 0.2) is 5.82 Å². The third-order valence-electron chi connectivity index (χ3n) is 4.43. The van der Waals surface area contributed by atoms with Gasteiger partial charge in [0.05, 0.1) is 0 Å². The van der Waals surface area contributed by atoms with Gasteiger partial charge in [-0.15, -0.1) is 0 Å². The van der Waals surface area contributed by atoms with Gasteiger partial charge in [-0.3, -0.25) is 9.78 Å². The Morgan fingerprint density at radius 2 is 2.14 bits per heavy atom.